The first kappa shape index (κ1) is 13.5. The molecule has 0 bridgehead atoms. The van der Waals surface area contributed by atoms with E-state index in [9.17, 15) is 5.11 Å². The van der Waals surface area contributed by atoms with Gasteiger partial charge in [-0.1, -0.05) is 13.8 Å². The molecule has 1 N–H and O–H groups in total. The summed E-state index contributed by atoms with van der Waals surface area (Å²) in [6.07, 6.45) is 3.26. The third-order valence-electron chi connectivity index (χ3n) is 3.17. The SMILES string of the molecule is CC(C)C[C@@H](CO)[N+]1=CN(C(C)(C)C)CC1. The number of rotatable bonds is 4. The molecule has 1 atom stereocenters. The van der Waals surface area contributed by atoms with Gasteiger partial charge in [-0.05, 0) is 33.1 Å². The van der Waals surface area contributed by atoms with Gasteiger partial charge >= 0.3 is 0 Å². The third kappa shape index (κ3) is 3.48. The van der Waals surface area contributed by atoms with Crippen LogP contribution in [0.3, 0.4) is 0 Å². The lowest BCUT2D eigenvalue weighted by Crippen LogP contribution is -2.39. The molecule has 0 saturated heterocycles. The monoisotopic (exact) mass is 227 g/mol. The molecule has 94 valence electrons. The number of aliphatic hydroxyl groups excluding tert-OH is 1. The van der Waals surface area contributed by atoms with Crippen molar-refractivity contribution >= 4 is 6.34 Å². The molecule has 0 amide bonds. The molecule has 1 rings (SSSR count). The van der Waals surface area contributed by atoms with Gasteiger partial charge in [0.1, 0.15) is 19.1 Å². The maximum Gasteiger partial charge on any atom is 0.235 e. The second-order valence-electron chi connectivity index (χ2n) is 6.18. The van der Waals surface area contributed by atoms with Gasteiger partial charge in [-0.2, -0.15) is 0 Å². The van der Waals surface area contributed by atoms with Gasteiger partial charge in [0.15, 0.2) is 0 Å². The van der Waals surface area contributed by atoms with Crippen LogP contribution in [-0.4, -0.2) is 52.2 Å². The van der Waals surface area contributed by atoms with E-state index in [2.05, 4.69) is 50.4 Å². The van der Waals surface area contributed by atoms with Crippen molar-refractivity contribution in [3.8, 4) is 0 Å². The summed E-state index contributed by atoms with van der Waals surface area (Å²) in [4.78, 5) is 2.36. The van der Waals surface area contributed by atoms with Gasteiger partial charge in [0.2, 0.25) is 6.34 Å². The highest BCUT2D eigenvalue weighted by atomic mass is 16.3. The first-order valence-electron chi connectivity index (χ1n) is 6.33. The van der Waals surface area contributed by atoms with E-state index in [1.54, 1.807) is 0 Å². The fourth-order valence-electron chi connectivity index (χ4n) is 2.16. The fraction of sp³-hybridized carbons (Fsp3) is 0.923. The molecule has 0 aromatic rings. The average molecular weight is 227 g/mol. The predicted octanol–water partition coefficient (Wildman–Crippen LogP) is 1.55. The molecule has 0 unspecified atom stereocenters. The van der Waals surface area contributed by atoms with Gasteiger partial charge in [0, 0.05) is 0 Å². The van der Waals surface area contributed by atoms with Crippen molar-refractivity contribution in [3.05, 3.63) is 0 Å². The molecule has 0 radical (unpaired) electrons. The molecule has 1 heterocycles. The van der Waals surface area contributed by atoms with Crippen molar-refractivity contribution in [2.24, 2.45) is 5.92 Å². The average Bonchev–Trinajstić information content (AvgIpc) is 2.61. The highest BCUT2D eigenvalue weighted by Gasteiger charge is 2.32. The van der Waals surface area contributed by atoms with E-state index in [4.69, 9.17) is 0 Å². The zero-order valence-corrected chi connectivity index (χ0v) is 11.4. The molecule has 0 fully saturated rings. The van der Waals surface area contributed by atoms with E-state index in [0.717, 1.165) is 19.5 Å². The Balaban J connectivity index is 2.66. The summed E-state index contributed by atoms with van der Waals surface area (Å²) in [6, 6.07) is 0.285. The quantitative estimate of drug-likeness (QED) is 0.738. The van der Waals surface area contributed by atoms with Crippen LogP contribution in [0, 0.1) is 5.92 Å². The number of aliphatic hydroxyl groups is 1. The molecular formula is C13H27N2O+. The van der Waals surface area contributed by atoms with Crippen molar-refractivity contribution in [2.45, 2.75) is 52.6 Å². The number of nitrogens with zero attached hydrogens (tertiary/aromatic N) is 2. The Morgan fingerprint density at radius 3 is 2.38 bits per heavy atom. The van der Waals surface area contributed by atoms with E-state index in [0.29, 0.717) is 5.92 Å². The Bertz CT molecular complexity index is 253. The van der Waals surface area contributed by atoms with Crippen molar-refractivity contribution in [3.63, 3.8) is 0 Å². The molecule has 0 aromatic carbocycles. The molecule has 1 aliphatic rings. The first-order valence-corrected chi connectivity index (χ1v) is 6.33. The Morgan fingerprint density at radius 2 is 2.00 bits per heavy atom. The Hall–Kier alpha value is -0.570. The topological polar surface area (TPSA) is 26.5 Å². The fourth-order valence-corrected chi connectivity index (χ4v) is 2.16. The van der Waals surface area contributed by atoms with Crippen LogP contribution < -0.4 is 0 Å². The minimum absolute atomic E-state index is 0.187. The summed E-state index contributed by atoms with van der Waals surface area (Å²) in [5.41, 5.74) is 0.187. The van der Waals surface area contributed by atoms with E-state index in [1.807, 2.05) is 0 Å². The lowest BCUT2D eigenvalue weighted by Gasteiger charge is -2.23. The van der Waals surface area contributed by atoms with Gasteiger partial charge in [-0.3, -0.25) is 9.48 Å². The minimum atomic E-state index is 0.187. The summed E-state index contributed by atoms with van der Waals surface area (Å²) >= 11 is 0. The Morgan fingerprint density at radius 1 is 1.38 bits per heavy atom. The van der Waals surface area contributed by atoms with E-state index in [1.165, 1.54) is 0 Å². The predicted molar refractivity (Wildman–Crippen MR) is 68.0 cm³/mol. The molecule has 0 aromatic heterocycles. The second-order valence-corrected chi connectivity index (χ2v) is 6.18. The highest BCUT2D eigenvalue weighted by Crippen LogP contribution is 2.16. The van der Waals surface area contributed by atoms with Crippen LogP contribution in [0.25, 0.3) is 0 Å². The van der Waals surface area contributed by atoms with E-state index < -0.39 is 0 Å². The summed E-state index contributed by atoms with van der Waals surface area (Å²) < 4.78 is 2.30. The lowest BCUT2D eigenvalue weighted by atomic mass is 10.0. The van der Waals surface area contributed by atoms with Gasteiger partial charge < -0.3 is 5.11 Å². The maximum atomic E-state index is 9.44. The molecular weight excluding hydrogens is 200 g/mol. The number of hydrogen-bond donors (Lipinski definition) is 1. The lowest BCUT2D eigenvalue weighted by molar-refractivity contribution is -0.558. The smallest absolute Gasteiger partial charge is 0.235 e. The van der Waals surface area contributed by atoms with Crippen molar-refractivity contribution < 1.29 is 9.68 Å². The Labute approximate surface area is 99.8 Å². The van der Waals surface area contributed by atoms with Crippen molar-refractivity contribution in [1.82, 2.24) is 4.90 Å². The van der Waals surface area contributed by atoms with Crippen LogP contribution in [0.1, 0.15) is 41.0 Å². The van der Waals surface area contributed by atoms with Gasteiger partial charge in [0.25, 0.3) is 0 Å². The van der Waals surface area contributed by atoms with Crippen molar-refractivity contribution in [2.75, 3.05) is 19.7 Å². The summed E-state index contributed by atoms with van der Waals surface area (Å²) in [5.74, 6) is 0.634. The van der Waals surface area contributed by atoms with Crippen LogP contribution in [0.4, 0.5) is 0 Å². The zero-order valence-electron chi connectivity index (χ0n) is 11.4. The van der Waals surface area contributed by atoms with Crippen LogP contribution >= 0.6 is 0 Å². The normalized spacial score (nSPS) is 19.2. The van der Waals surface area contributed by atoms with Crippen LogP contribution in [0.2, 0.25) is 0 Å². The molecule has 0 aliphatic carbocycles. The van der Waals surface area contributed by atoms with Crippen LogP contribution in [0.5, 0.6) is 0 Å². The Kier molecular flexibility index (Phi) is 4.36. The second kappa shape index (κ2) is 5.17. The van der Waals surface area contributed by atoms with Crippen LogP contribution in [-0.2, 0) is 0 Å². The van der Waals surface area contributed by atoms with Gasteiger partial charge in [0.05, 0.1) is 12.1 Å². The molecule has 0 spiro atoms. The van der Waals surface area contributed by atoms with Crippen LogP contribution in [0.15, 0.2) is 0 Å². The maximum absolute atomic E-state index is 9.44. The van der Waals surface area contributed by atoms with E-state index in [-0.39, 0.29) is 18.2 Å². The van der Waals surface area contributed by atoms with Gasteiger partial charge in [-0.25, -0.2) is 0 Å². The number of hydrogen-bond acceptors (Lipinski definition) is 2. The molecule has 16 heavy (non-hydrogen) atoms. The first-order chi connectivity index (χ1) is 7.34. The third-order valence-corrected chi connectivity index (χ3v) is 3.17. The molecule has 3 heteroatoms. The highest BCUT2D eigenvalue weighted by molar-refractivity contribution is 5.52. The molecule has 1 aliphatic heterocycles. The summed E-state index contributed by atoms with van der Waals surface area (Å²) in [6.45, 7) is 13.5. The molecule has 3 nitrogen and oxygen atoms in total. The summed E-state index contributed by atoms with van der Waals surface area (Å²) in [5, 5.41) is 9.44. The largest absolute Gasteiger partial charge is 0.392 e. The van der Waals surface area contributed by atoms with Crippen molar-refractivity contribution in [1.29, 1.82) is 0 Å². The standard InChI is InChI=1S/C13H27N2O/c1-11(2)8-12(9-16)14-6-7-15(10-14)13(3,4)5/h10-12,16H,6-9H2,1-5H3/q+1/t12-/m0/s1. The molecule has 0 saturated carbocycles. The summed E-state index contributed by atoms with van der Waals surface area (Å²) in [7, 11) is 0. The van der Waals surface area contributed by atoms with E-state index >= 15 is 0 Å². The van der Waals surface area contributed by atoms with Gasteiger partial charge in [-0.15, -0.1) is 0 Å². The zero-order chi connectivity index (χ0) is 12.3. The minimum Gasteiger partial charge on any atom is -0.392 e.